The van der Waals surface area contributed by atoms with E-state index in [0.717, 1.165) is 42.9 Å². The van der Waals surface area contributed by atoms with Gasteiger partial charge in [0.05, 0.1) is 10.4 Å². The molecule has 0 saturated carbocycles. The number of aromatic amines is 1. The van der Waals surface area contributed by atoms with Crippen molar-refractivity contribution in [2.75, 3.05) is 31.1 Å². The number of rotatable bonds is 3. The van der Waals surface area contributed by atoms with Crippen molar-refractivity contribution in [3.63, 3.8) is 0 Å². The van der Waals surface area contributed by atoms with E-state index in [-0.39, 0.29) is 22.3 Å². The monoisotopic (exact) mass is 412 g/mol. The number of pyridine rings is 1. The molecule has 3 aromatic rings. The van der Waals surface area contributed by atoms with Crippen molar-refractivity contribution in [1.82, 2.24) is 15.3 Å². The normalized spacial score (nSPS) is 15.0. The fourth-order valence-electron chi connectivity index (χ4n) is 3.03. The Morgan fingerprint density at radius 3 is 2.46 bits per heavy atom. The molecule has 4 rings (SSSR count). The third-order valence-electron chi connectivity index (χ3n) is 4.33. The maximum atomic E-state index is 12.9. The van der Waals surface area contributed by atoms with E-state index >= 15 is 0 Å². The van der Waals surface area contributed by atoms with Gasteiger partial charge in [-0.3, -0.25) is 0 Å². The van der Waals surface area contributed by atoms with Crippen LogP contribution in [-0.2, 0) is 9.84 Å². The van der Waals surface area contributed by atoms with E-state index in [1.54, 1.807) is 30.5 Å². The first-order chi connectivity index (χ1) is 12.1. The molecule has 6 nitrogen and oxygen atoms in total. The van der Waals surface area contributed by atoms with Crippen molar-refractivity contribution in [2.24, 2.45) is 0 Å². The molecule has 1 aliphatic rings. The first kappa shape index (κ1) is 19.0. The van der Waals surface area contributed by atoms with Crippen LogP contribution in [0.15, 0.2) is 52.5 Å². The predicted molar refractivity (Wildman–Crippen MR) is 105 cm³/mol. The number of fused-ring (bicyclic) bond motifs is 1. The minimum absolute atomic E-state index is 0. The number of nitrogens with one attached hydrogen (secondary N) is 2. The highest BCUT2D eigenvalue weighted by molar-refractivity contribution is 7.91. The van der Waals surface area contributed by atoms with Gasteiger partial charge in [-0.2, -0.15) is 0 Å². The molecule has 0 amide bonds. The summed E-state index contributed by atoms with van der Waals surface area (Å²) in [4.78, 5) is 9.88. The molecule has 1 fully saturated rings. The van der Waals surface area contributed by atoms with E-state index in [0.29, 0.717) is 5.02 Å². The van der Waals surface area contributed by atoms with Crippen LogP contribution >= 0.6 is 24.0 Å². The number of hydrogen-bond acceptors (Lipinski definition) is 5. The van der Waals surface area contributed by atoms with Crippen molar-refractivity contribution in [3.8, 4) is 0 Å². The molecule has 138 valence electrons. The third kappa shape index (κ3) is 3.40. The lowest BCUT2D eigenvalue weighted by molar-refractivity contribution is 0.586. The SMILES string of the molecule is Cl.O=S(=O)(c1ccc(Cl)cc1)c1cc2c(N3CCNCC3)nccc2[nH]1. The molecule has 2 aromatic heterocycles. The number of H-pyrrole nitrogens is 1. The van der Waals surface area contributed by atoms with E-state index in [9.17, 15) is 8.42 Å². The first-order valence-electron chi connectivity index (χ1n) is 8.00. The summed E-state index contributed by atoms with van der Waals surface area (Å²) in [5.41, 5.74) is 0.760. The highest BCUT2D eigenvalue weighted by Gasteiger charge is 2.22. The number of halogens is 2. The zero-order valence-corrected chi connectivity index (χ0v) is 16.2. The van der Waals surface area contributed by atoms with E-state index in [2.05, 4.69) is 20.2 Å². The van der Waals surface area contributed by atoms with Crippen LogP contribution < -0.4 is 10.2 Å². The molecular weight excluding hydrogens is 395 g/mol. The van der Waals surface area contributed by atoms with Crippen molar-refractivity contribution < 1.29 is 8.42 Å². The Hall–Kier alpha value is -1.80. The van der Waals surface area contributed by atoms with E-state index < -0.39 is 9.84 Å². The van der Waals surface area contributed by atoms with Gasteiger partial charge in [0.1, 0.15) is 10.8 Å². The second kappa shape index (κ2) is 7.44. The largest absolute Gasteiger partial charge is 0.354 e. The number of aromatic nitrogens is 2. The van der Waals surface area contributed by atoms with Crippen molar-refractivity contribution in [3.05, 3.63) is 47.6 Å². The average molecular weight is 413 g/mol. The van der Waals surface area contributed by atoms with Crippen molar-refractivity contribution >= 4 is 50.6 Å². The highest BCUT2D eigenvalue weighted by atomic mass is 35.5. The van der Waals surface area contributed by atoms with Crippen LogP contribution in [0.1, 0.15) is 0 Å². The van der Waals surface area contributed by atoms with Gasteiger partial charge in [-0.05, 0) is 36.4 Å². The zero-order valence-electron chi connectivity index (χ0n) is 13.8. The van der Waals surface area contributed by atoms with E-state index in [4.69, 9.17) is 11.6 Å². The summed E-state index contributed by atoms with van der Waals surface area (Å²) in [6.45, 7) is 3.46. The molecule has 1 aliphatic heterocycles. The molecule has 26 heavy (non-hydrogen) atoms. The minimum Gasteiger partial charge on any atom is -0.354 e. The fraction of sp³-hybridized carbons (Fsp3) is 0.235. The van der Waals surface area contributed by atoms with Crippen LogP contribution in [0.5, 0.6) is 0 Å². The van der Waals surface area contributed by atoms with Gasteiger partial charge in [0.25, 0.3) is 0 Å². The number of hydrogen-bond donors (Lipinski definition) is 2. The maximum absolute atomic E-state index is 12.9. The molecule has 1 aromatic carbocycles. The minimum atomic E-state index is -3.64. The first-order valence-corrected chi connectivity index (χ1v) is 9.86. The van der Waals surface area contributed by atoms with Gasteiger partial charge >= 0.3 is 0 Å². The van der Waals surface area contributed by atoms with Gasteiger partial charge in [0, 0.05) is 42.8 Å². The lowest BCUT2D eigenvalue weighted by atomic mass is 10.2. The summed E-state index contributed by atoms with van der Waals surface area (Å²) < 4.78 is 25.8. The molecule has 9 heteroatoms. The van der Waals surface area contributed by atoms with Crippen molar-refractivity contribution in [1.29, 1.82) is 0 Å². The topological polar surface area (TPSA) is 78.1 Å². The Kier molecular flexibility index (Phi) is 5.43. The Morgan fingerprint density at radius 1 is 1.08 bits per heavy atom. The fourth-order valence-corrected chi connectivity index (χ4v) is 4.42. The second-order valence-electron chi connectivity index (χ2n) is 5.92. The summed E-state index contributed by atoms with van der Waals surface area (Å²) in [6.07, 6.45) is 1.70. The van der Waals surface area contributed by atoms with Crippen LogP contribution in [-0.4, -0.2) is 44.6 Å². The number of sulfone groups is 1. The van der Waals surface area contributed by atoms with Crippen LogP contribution in [0.25, 0.3) is 10.9 Å². The average Bonchev–Trinajstić information content (AvgIpc) is 3.08. The van der Waals surface area contributed by atoms with Gasteiger partial charge in [-0.1, -0.05) is 11.6 Å². The van der Waals surface area contributed by atoms with Gasteiger partial charge < -0.3 is 15.2 Å². The van der Waals surface area contributed by atoms with Crippen LogP contribution in [0.4, 0.5) is 5.82 Å². The Bertz CT molecular complexity index is 1010. The number of piperazine rings is 1. The molecule has 0 bridgehead atoms. The Balaban J connectivity index is 0.00000196. The molecule has 0 radical (unpaired) electrons. The second-order valence-corrected chi connectivity index (χ2v) is 8.28. The van der Waals surface area contributed by atoms with Gasteiger partial charge in [-0.15, -0.1) is 12.4 Å². The van der Waals surface area contributed by atoms with Gasteiger partial charge in [-0.25, -0.2) is 13.4 Å². The maximum Gasteiger partial charge on any atom is 0.221 e. The van der Waals surface area contributed by atoms with Crippen LogP contribution in [0.3, 0.4) is 0 Å². The summed E-state index contributed by atoms with van der Waals surface area (Å²) in [5.74, 6) is 0.813. The number of nitrogens with zero attached hydrogens (tertiary/aromatic N) is 2. The molecule has 2 N–H and O–H groups in total. The molecular formula is C17H18Cl2N4O2S. The zero-order chi connectivity index (χ0) is 17.4. The van der Waals surface area contributed by atoms with Crippen molar-refractivity contribution in [2.45, 2.75) is 9.92 Å². The molecule has 3 heterocycles. The lowest BCUT2D eigenvalue weighted by Gasteiger charge is -2.28. The smallest absolute Gasteiger partial charge is 0.221 e. The van der Waals surface area contributed by atoms with Gasteiger partial charge in [0.2, 0.25) is 9.84 Å². The quantitative estimate of drug-likeness (QED) is 0.691. The van der Waals surface area contributed by atoms with Crippen LogP contribution in [0.2, 0.25) is 5.02 Å². The Labute approximate surface area is 162 Å². The lowest BCUT2D eigenvalue weighted by Crippen LogP contribution is -2.43. The number of anilines is 1. The molecule has 0 unspecified atom stereocenters. The summed E-state index contributed by atoms with van der Waals surface area (Å²) in [7, 11) is -3.64. The van der Waals surface area contributed by atoms with Crippen LogP contribution in [0, 0.1) is 0 Å². The highest BCUT2D eigenvalue weighted by Crippen LogP contribution is 2.30. The molecule has 1 saturated heterocycles. The summed E-state index contributed by atoms with van der Waals surface area (Å²) in [6, 6.07) is 9.64. The molecule has 0 spiro atoms. The third-order valence-corrected chi connectivity index (χ3v) is 6.28. The predicted octanol–water partition coefficient (Wildman–Crippen LogP) is 2.88. The molecule has 0 atom stereocenters. The molecule has 0 aliphatic carbocycles. The number of benzene rings is 1. The standard InChI is InChI=1S/C17H17ClN4O2S.ClH/c18-12-1-3-13(4-2-12)25(23,24)16-11-14-15(21-16)5-6-20-17(14)22-9-7-19-8-10-22;/h1-6,11,19,21H,7-10H2;1H. The summed E-state index contributed by atoms with van der Waals surface area (Å²) >= 11 is 5.86. The van der Waals surface area contributed by atoms with E-state index in [1.807, 2.05) is 0 Å². The van der Waals surface area contributed by atoms with E-state index in [1.165, 1.54) is 12.1 Å². The Morgan fingerprint density at radius 2 is 1.77 bits per heavy atom. The summed E-state index contributed by atoms with van der Waals surface area (Å²) in [5, 5.41) is 4.78. The van der Waals surface area contributed by atoms with Gasteiger partial charge in [0.15, 0.2) is 0 Å².